The summed E-state index contributed by atoms with van der Waals surface area (Å²) < 4.78 is 87.4. The fraction of sp³-hybridized carbons (Fsp3) is 0.143. The molecule has 10 heteroatoms. The van der Waals surface area contributed by atoms with E-state index in [0.29, 0.717) is 16.7 Å². The predicted octanol–water partition coefficient (Wildman–Crippen LogP) is 4.50. The van der Waals surface area contributed by atoms with E-state index in [2.05, 4.69) is 4.74 Å². The van der Waals surface area contributed by atoms with Crippen molar-refractivity contribution in [1.29, 1.82) is 0 Å². The van der Waals surface area contributed by atoms with Gasteiger partial charge in [-0.2, -0.15) is 8.78 Å². The Hall–Kier alpha value is -3.11. The molecule has 1 unspecified atom stereocenters. The molecular formula is C21H15F4NO4S. The standard InChI is InChI=1S/C21H15F4NO4S/c22-13-3-1-2-12(9-13)19-15-8-11(10-31(26,27)28)4-5-14(15)18-17(29-19)7-6-16(23)20(18)30-21(24)25/h1-9,19,21H,10H2,(H2,26,27,28). The van der Waals surface area contributed by atoms with E-state index in [1.807, 2.05) is 0 Å². The number of halogens is 4. The van der Waals surface area contributed by atoms with Gasteiger partial charge in [-0.1, -0.05) is 30.3 Å². The highest BCUT2D eigenvalue weighted by Gasteiger charge is 2.32. The Labute approximate surface area is 175 Å². The van der Waals surface area contributed by atoms with Crippen LogP contribution in [0.2, 0.25) is 0 Å². The number of hydrogen-bond acceptors (Lipinski definition) is 4. The van der Waals surface area contributed by atoms with Crippen molar-refractivity contribution >= 4 is 10.0 Å². The van der Waals surface area contributed by atoms with Gasteiger partial charge in [-0.15, -0.1) is 0 Å². The second-order valence-electron chi connectivity index (χ2n) is 6.91. The lowest BCUT2D eigenvalue weighted by atomic mass is 9.88. The molecule has 0 radical (unpaired) electrons. The zero-order chi connectivity index (χ0) is 22.3. The lowest BCUT2D eigenvalue weighted by molar-refractivity contribution is -0.0519. The molecule has 0 fully saturated rings. The maximum atomic E-state index is 14.3. The summed E-state index contributed by atoms with van der Waals surface area (Å²) in [7, 11) is -3.87. The number of ether oxygens (including phenoxy) is 2. The van der Waals surface area contributed by atoms with Crippen LogP contribution in [0.5, 0.6) is 11.5 Å². The zero-order valence-corrected chi connectivity index (χ0v) is 16.5. The first-order valence-corrected chi connectivity index (χ1v) is 10.7. The zero-order valence-electron chi connectivity index (χ0n) is 15.7. The highest BCUT2D eigenvalue weighted by Crippen LogP contribution is 2.50. The largest absolute Gasteiger partial charge is 0.480 e. The van der Waals surface area contributed by atoms with Crippen molar-refractivity contribution in [3.05, 3.63) is 82.9 Å². The molecule has 3 aromatic rings. The molecule has 3 aromatic carbocycles. The van der Waals surface area contributed by atoms with Gasteiger partial charge in [-0.25, -0.2) is 22.3 Å². The number of alkyl halides is 2. The van der Waals surface area contributed by atoms with Crippen molar-refractivity contribution in [2.75, 3.05) is 0 Å². The molecule has 0 spiro atoms. The third kappa shape index (κ3) is 4.35. The van der Waals surface area contributed by atoms with Crippen LogP contribution in [0, 0.1) is 11.6 Å². The molecule has 0 saturated carbocycles. The maximum absolute atomic E-state index is 14.3. The Morgan fingerprint density at radius 1 is 1.06 bits per heavy atom. The van der Waals surface area contributed by atoms with E-state index in [1.165, 1.54) is 42.5 Å². The van der Waals surface area contributed by atoms with Crippen molar-refractivity contribution < 1.29 is 35.5 Å². The summed E-state index contributed by atoms with van der Waals surface area (Å²) in [6.07, 6.45) is -0.913. The van der Waals surface area contributed by atoms with Gasteiger partial charge in [-0.3, -0.25) is 0 Å². The normalized spacial score (nSPS) is 15.2. The van der Waals surface area contributed by atoms with Crippen molar-refractivity contribution in [3.63, 3.8) is 0 Å². The van der Waals surface area contributed by atoms with Crippen LogP contribution in [-0.4, -0.2) is 15.0 Å². The molecule has 1 atom stereocenters. The maximum Gasteiger partial charge on any atom is 0.387 e. The molecule has 5 nitrogen and oxygen atoms in total. The molecule has 162 valence electrons. The number of rotatable bonds is 5. The summed E-state index contributed by atoms with van der Waals surface area (Å²) in [5.74, 6) is -2.70. The smallest absolute Gasteiger partial charge is 0.387 e. The van der Waals surface area contributed by atoms with Crippen molar-refractivity contribution in [1.82, 2.24) is 0 Å². The Kier molecular flexibility index (Phi) is 5.36. The highest BCUT2D eigenvalue weighted by atomic mass is 32.2. The van der Waals surface area contributed by atoms with Crippen LogP contribution < -0.4 is 14.6 Å². The molecule has 1 heterocycles. The molecule has 0 aliphatic carbocycles. The fourth-order valence-corrected chi connectivity index (χ4v) is 4.23. The minimum Gasteiger partial charge on any atom is -0.480 e. The first-order valence-electron chi connectivity index (χ1n) is 8.95. The number of fused-ring (bicyclic) bond motifs is 3. The van der Waals surface area contributed by atoms with Crippen LogP contribution in [0.15, 0.2) is 54.6 Å². The van der Waals surface area contributed by atoms with Gasteiger partial charge in [0.15, 0.2) is 11.6 Å². The Balaban J connectivity index is 1.95. The van der Waals surface area contributed by atoms with Crippen LogP contribution in [-0.2, 0) is 15.8 Å². The number of sulfonamides is 1. The first kappa shape index (κ1) is 21.1. The average molecular weight is 453 g/mol. The highest BCUT2D eigenvalue weighted by molar-refractivity contribution is 7.88. The Morgan fingerprint density at radius 2 is 1.84 bits per heavy atom. The summed E-state index contributed by atoms with van der Waals surface area (Å²) in [4.78, 5) is 0. The second kappa shape index (κ2) is 7.86. The Morgan fingerprint density at radius 3 is 2.52 bits per heavy atom. The van der Waals surface area contributed by atoms with Gasteiger partial charge in [0.1, 0.15) is 17.7 Å². The van der Waals surface area contributed by atoms with Crippen molar-refractivity contribution in [3.8, 4) is 22.6 Å². The number of benzene rings is 3. The molecule has 0 amide bonds. The van der Waals surface area contributed by atoms with E-state index < -0.39 is 45.9 Å². The van der Waals surface area contributed by atoms with E-state index in [-0.39, 0.29) is 16.9 Å². The minimum atomic E-state index is -3.87. The van der Waals surface area contributed by atoms with Crippen LogP contribution in [0.4, 0.5) is 17.6 Å². The summed E-state index contributed by atoms with van der Waals surface area (Å²) in [5.41, 5.74) is 1.24. The monoisotopic (exact) mass is 453 g/mol. The number of primary sulfonamides is 1. The van der Waals surface area contributed by atoms with Gasteiger partial charge in [0, 0.05) is 5.56 Å². The van der Waals surface area contributed by atoms with Crippen LogP contribution >= 0.6 is 0 Å². The average Bonchev–Trinajstić information content (AvgIpc) is 2.67. The molecule has 4 rings (SSSR count). The molecule has 2 N–H and O–H groups in total. The van der Waals surface area contributed by atoms with Gasteiger partial charge >= 0.3 is 6.61 Å². The third-order valence-electron chi connectivity index (χ3n) is 4.71. The third-order valence-corrected chi connectivity index (χ3v) is 5.45. The molecule has 0 saturated heterocycles. The van der Waals surface area contributed by atoms with Gasteiger partial charge in [-0.05, 0) is 41.0 Å². The van der Waals surface area contributed by atoms with Gasteiger partial charge in [0.25, 0.3) is 0 Å². The van der Waals surface area contributed by atoms with Crippen molar-refractivity contribution in [2.45, 2.75) is 18.5 Å². The number of nitrogens with two attached hydrogens (primary N) is 1. The number of hydrogen-bond donors (Lipinski definition) is 1. The van der Waals surface area contributed by atoms with Crippen molar-refractivity contribution in [2.24, 2.45) is 5.14 Å². The van der Waals surface area contributed by atoms with E-state index >= 15 is 0 Å². The predicted molar refractivity (Wildman–Crippen MR) is 104 cm³/mol. The van der Waals surface area contributed by atoms with Gasteiger partial charge in [0.05, 0.1) is 11.3 Å². The SMILES string of the molecule is NS(=O)(=O)Cc1ccc2c(c1)C(c1cccc(F)c1)Oc1ccc(F)c(OC(F)F)c1-2. The molecule has 0 aromatic heterocycles. The fourth-order valence-electron chi connectivity index (χ4n) is 3.58. The molecule has 31 heavy (non-hydrogen) atoms. The topological polar surface area (TPSA) is 78.6 Å². The lowest BCUT2D eigenvalue weighted by Gasteiger charge is -2.31. The quantitative estimate of drug-likeness (QED) is 0.577. The van der Waals surface area contributed by atoms with Gasteiger partial charge in [0.2, 0.25) is 10.0 Å². The lowest BCUT2D eigenvalue weighted by Crippen LogP contribution is -2.19. The summed E-state index contributed by atoms with van der Waals surface area (Å²) in [6.45, 7) is -3.29. The summed E-state index contributed by atoms with van der Waals surface area (Å²) in [5, 5.41) is 5.12. The van der Waals surface area contributed by atoms with Crippen LogP contribution in [0.1, 0.15) is 22.8 Å². The van der Waals surface area contributed by atoms with Crippen LogP contribution in [0.3, 0.4) is 0 Å². The van der Waals surface area contributed by atoms with Crippen LogP contribution in [0.25, 0.3) is 11.1 Å². The van der Waals surface area contributed by atoms with E-state index in [1.54, 1.807) is 6.07 Å². The van der Waals surface area contributed by atoms with E-state index in [0.717, 1.165) is 6.07 Å². The molecule has 1 aliphatic heterocycles. The second-order valence-corrected chi connectivity index (χ2v) is 8.52. The first-order chi connectivity index (χ1) is 14.6. The Bertz CT molecular complexity index is 1260. The minimum absolute atomic E-state index is 0.0508. The molecule has 0 bridgehead atoms. The summed E-state index contributed by atoms with van der Waals surface area (Å²) in [6, 6.07) is 12.0. The van der Waals surface area contributed by atoms with E-state index in [4.69, 9.17) is 9.88 Å². The summed E-state index contributed by atoms with van der Waals surface area (Å²) >= 11 is 0. The molecule has 1 aliphatic rings. The van der Waals surface area contributed by atoms with Gasteiger partial charge < -0.3 is 9.47 Å². The molecular weight excluding hydrogens is 438 g/mol. The van der Waals surface area contributed by atoms with E-state index in [9.17, 15) is 26.0 Å².